The molecule has 4 nitrogen and oxygen atoms in total. The number of carbonyl (C=O) groups excluding carboxylic acids is 2. The van der Waals surface area contributed by atoms with Gasteiger partial charge in [0.1, 0.15) is 6.04 Å². The van der Waals surface area contributed by atoms with Crippen molar-refractivity contribution < 1.29 is 9.59 Å². The van der Waals surface area contributed by atoms with Gasteiger partial charge in [0, 0.05) is 12.6 Å². The number of hydrogen-bond acceptors (Lipinski definition) is 2. The number of rotatable bonds is 8. The molecule has 0 aliphatic heterocycles. The first kappa shape index (κ1) is 23.1. The van der Waals surface area contributed by atoms with E-state index in [0.29, 0.717) is 19.4 Å². The molecule has 0 radical (unpaired) electrons. The standard InChI is InChI=1S/C27H36N2O2/c1-4-25(27(31)28-24-13-9-6-10-14-24)29(19-22-11-7-5-8-12-22)26(30)18-23-16-15-20(2)21(3)17-23/h5,7-8,11-12,15-17,24-25H,4,6,9-10,13-14,18-19H2,1-3H3,(H,28,31). The Bertz CT molecular complexity index is 872. The SMILES string of the molecule is CCC(C(=O)NC1CCCCC1)N(Cc1ccccc1)C(=O)Cc1ccc(C)c(C)c1. The van der Waals surface area contributed by atoms with Gasteiger partial charge in [0.2, 0.25) is 11.8 Å². The van der Waals surface area contributed by atoms with Crippen molar-refractivity contribution in [2.45, 2.75) is 84.3 Å². The maximum atomic E-state index is 13.5. The fourth-order valence-electron chi connectivity index (χ4n) is 4.43. The van der Waals surface area contributed by atoms with Crippen LogP contribution < -0.4 is 5.32 Å². The Balaban J connectivity index is 1.79. The highest BCUT2D eigenvalue weighted by molar-refractivity contribution is 5.88. The lowest BCUT2D eigenvalue weighted by molar-refractivity contribution is -0.141. The van der Waals surface area contributed by atoms with Crippen molar-refractivity contribution in [2.75, 3.05) is 0 Å². The van der Waals surface area contributed by atoms with Crippen molar-refractivity contribution in [2.24, 2.45) is 0 Å². The van der Waals surface area contributed by atoms with Crippen molar-refractivity contribution in [3.63, 3.8) is 0 Å². The van der Waals surface area contributed by atoms with E-state index >= 15 is 0 Å². The van der Waals surface area contributed by atoms with Gasteiger partial charge in [-0.25, -0.2) is 0 Å². The van der Waals surface area contributed by atoms with Gasteiger partial charge in [0.25, 0.3) is 0 Å². The molecule has 3 rings (SSSR count). The van der Waals surface area contributed by atoms with E-state index in [9.17, 15) is 9.59 Å². The second-order valence-electron chi connectivity index (χ2n) is 8.87. The third-order valence-electron chi connectivity index (χ3n) is 6.46. The van der Waals surface area contributed by atoms with Crippen molar-refractivity contribution in [3.8, 4) is 0 Å². The summed E-state index contributed by atoms with van der Waals surface area (Å²) in [6.07, 6.45) is 6.57. The summed E-state index contributed by atoms with van der Waals surface area (Å²) in [6.45, 7) is 6.58. The largest absolute Gasteiger partial charge is 0.352 e. The van der Waals surface area contributed by atoms with Gasteiger partial charge in [-0.05, 0) is 55.4 Å². The number of nitrogens with one attached hydrogen (secondary N) is 1. The maximum Gasteiger partial charge on any atom is 0.243 e. The van der Waals surface area contributed by atoms with Crippen molar-refractivity contribution in [1.29, 1.82) is 0 Å². The Labute approximate surface area is 187 Å². The molecule has 166 valence electrons. The highest BCUT2D eigenvalue weighted by Crippen LogP contribution is 2.20. The zero-order valence-corrected chi connectivity index (χ0v) is 19.2. The Morgan fingerprint density at radius 2 is 1.68 bits per heavy atom. The molecule has 0 bridgehead atoms. The Hall–Kier alpha value is -2.62. The summed E-state index contributed by atoms with van der Waals surface area (Å²) < 4.78 is 0. The van der Waals surface area contributed by atoms with Crippen LogP contribution in [0.15, 0.2) is 48.5 Å². The second-order valence-corrected chi connectivity index (χ2v) is 8.87. The number of aryl methyl sites for hydroxylation is 2. The summed E-state index contributed by atoms with van der Waals surface area (Å²) in [4.78, 5) is 28.5. The molecule has 31 heavy (non-hydrogen) atoms. The Morgan fingerprint density at radius 1 is 0.968 bits per heavy atom. The predicted octanol–water partition coefficient (Wildman–Crippen LogP) is 5.10. The Morgan fingerprint density at radius 3 is 2.32 bits per heavy atom. The molecule has 2 aromatic rings. The summed E-state index contributed by atoms with van der Waals surface area (Å²) in [5.41, 5.74) is 4.44. The molecule has 2 amide bonds. The highest BCUT2D eigenvalue weighted by Gasteiger charge is 2.30. The number of benzene rings is 2. The van der Waals surface area contributed by atoms with Crippen LogP contribution in [0.4, 0.5) is 0 Å². The van der Waals surface area contributed by atoms with Crippen LogP contribution in [0.2, 0.25) is 0 Å². The van der Waals surface area contributed by atoms with Crippen LogP contribution in [0.1, 0.15) is 67.7 Å². The van der Waals surface area contributed by atoms with Crippen LogP contribution in [0, 0.1) is 13.8 Å². The zero-order chi connectivity index (χ0) is 22.2. The molecule has 2 aromatic carbocycles. The summed E-state index contributed by atoms with van der Waals surface area (Å²) in [5, 5.41) is 3.24. The number of nitrogens with zero attached hydrogens (tertiary/aromatic N) is 1. The first-order valence-corrected chi connectivity index (χ1v) is 11.7. The number of hydrogen-bond donors (Lipinski definition) is 1. The second kappa shape index (κ2) is 11.1. The van der Waals surface area contributed by atoms with Gasteiger partial charge in [-0.1, -0.05) is 74.7 Å². The van der Waals surface area contributed by atoms with Crippen LogP contribution in [0.5, 0.6) is 0 Å². The molecule has 1 saturated carbocycles. The van der Waals surface area contributed by atoms with Crippen LogP contribution in [-0.4, -0.2) is 28.8 Å². The molecular weight excluding hydrogens is 384 g/mol. The number of amides is 2. The van der Waals surface area contributed by atoms with Crippen LogP contribution in [-0.2, 0) is 22.6 Å². The third kappa shape index (κ3) is 6.43. The normalized spacial score (nSPS) is 15.3. The average molecular weight is 421 g/mol. The van der Waals surface area contributed by atoms with Crippen LogP contribution in [0.25, 0.3) is 0 Å². The van der Waals surface area contributed by atoms with Gasteiger partial charge >= 0.3 is 0 Å². The van der Waals surface area contributed by atoms with E-state index in [-0.39, 0.29) is 17.9 Å². The highest BCUT2D eigenvalue weighted by atomic mass is 16.2. The average Bonchev–Trinajstić information content (AvgIpc) is 2.77. The van der Waals surface area contributed by atoms with Gasteiger partial charge in [0.05, 0.1) is 6.42 Å². The quantitative estimate of drug-likeness (QED) is 0.646. The molecular formula is C27H36N2O2. The topological polar surface area (TPSA) is 49.4 Å². The summed E-state index contributed by atoms with van der Waals surface area (Å²) in [7, 11) is 0. The van der Waals surface area contributed by atoms with Gasteiger partial charge in [-0.2, -0.15) is 0 Å². The van der Waals surface area contributed by atoms with Gasteiger partial charge in [-0.15, -0.1) is 0 Å². The minimum Gasteiger partial charge on any atom is -0.352 e. The molecule has 1 N–H and O–H groups in total. The van der Waals surface area contributed by atoms with Crippen molar-refractivity contribution >= 4 is 11.8 Å². The van der Waals surface area contributed by atoms with Crippen molar-refractivity contribution in [3.05, 3.63) is 70.8 Å². The predicted molar refractivity (Wildman–Crippen MR) is 126 cm³/mol. The molecule has 1 atom stereocenters. The monoisotopic (exact) mass is 420 g/mol. The lowest BCUT2D eigenvalue weighted by atomic mass is 9.95. The van der Waals surface area contributed by atoms with E-state index < -0.39 is 6.04 Å². The third-order valence-corrected chi connectivity index (χ3v) is 6.46. The summed E-state index contributed by atoms with van der Waals surface area (Å²) >= 11 is 0. The summed E-state index contributed by atoms with van der Waals surface area (Å²) in [6, 6.07) is 15.9. The van der Waals surface area contributed by atoms with Gasteiger partial charge in [-0.3, -0.25) is 9.59 Å². The molecule has 1 unspecified atom stereocenters. The molecule has 0 aromatic heterocycles. The molecule has 1 aliphatic rings. The van der Waals surface area contributed by atoms with E-state index in [2.05, 4.69) is 31.3 Å². The molecule has 0 saturated heterocycles. The fraction of sp³-hybridized carbons (Fsp3) is 0.481. The Kier molecular flexibility index (Phi) is 8.27. The first-order valence-electron chi connectivity index (χ1n) is 11.7. The van der Waals surface area contributed by atoms with E-state index in [1.165, 1.54) is 30.4 Å². The van der Waals surface area contributed by atoms with E-state index in [0.717, 1.165) is 24.0 Å². The molecule has 0 heterocycles. The van der Waals surface area contributed by atoms with E-state index in [1.54, 1.807) is 4.90 Å². The molecule has 0 spiro atoms. The van der Waals surface area contributed by atoms with Gasteiger partial charge in [0.15, 0.2) is 0 Å². The molecule has 4 heteroatoms. The smallest absolute Gasteiger partial charge is 0.243 e. The van der Waals surface area contributed by atoms with Crippen LogP contribution >= 0.6 is 0 Å². The maximum absolute atomic E-state index is 13.5. The van der Waals surface area contributed by atoms with E-state index in [4.69, 9.17) is 0 Å². The minimum absolute atomic E-state index is 0.00208. The molecule has 1 aliphatic carbocycles. The van der Waals surface area contributed by atoms with Crippen LogP contribution in [0.3, 0.4) is 0 Å². The minimum atomic E-state index is -0.457. The zero-order valence-electron chi connectivity index (χ0n) is 19.2. The lowest BCUT2D eigenvalue weighted by Crippen LogP contribution is -2.51. The van der Waals surface area contributed by atoms with Crippen molar-refractivity contribution in [1.82, 2.24) is 10.2 Å². The first-order chi connectivity index (χ1) is 15.0. The van der Waals surface area contributed by atoms with Gasteiger partial charge < -0.3 is 10.2 Å². The van der Waals surface area contributed by atoms with E-state index in [1.807, 2.05) is 43.3 Å². The molecule has 1 fully saturated rings. The summed E-state index contributed by atoms with van der Waals surface area (Å²) in [5.74, 6) is -0.0171. The fourth-order valence-corrected chi connectivity index (χ4v) is 4.43. The number of carbonyl (C=O) groups is 2. The lowest BCUT2D eigenvalue weighted by Gasteiger charge is -2.33.